The first kappa shape index (κ1) is 40.0. The molecular formula is C72H66. The molecule has 0 spiro atoms. The van der Waals surface area contributed by atoms with Crippen LogP contribution in [0.5, 0.6) is 0 Å². The summed E-state index contributed by atoms with van der Waals surface area (Å²) < 4.78 is 0. The van der Waals surface area contributed by atoms with Crippen LogP contribution in [0, 0.1) is 41.5 Å². The van der Waals surface area contributed by atoms with Crippen molar-refractivity contribution in [2.45, 2.75) is 196 Å². The molecule has 13 aromatic carbocycles. The van der Waals surface area contributed by atoms with Crippen LogP contribution in [0.4, 0.5) is 0 Å². The Bertz CT molecular complexity index is 3870. The fraction of sp³-hybridized carbons (Fsp3) is 0.417. The Morgan fingerprint density at radius 2 is 0.194 bits per heavy atom. The van der Waals surface area contributed by atoms with Crippen molar-refractivity contribution in [2.24, 2.45) is 0 Å². The summed E-state index contributed by atoms with van der Waals surface area (Å²) in [6.45, 7) is 47.2. The molecule has 19 rings (SSSR count). The molecule has 0 aromatic heterocycles. The Balaban J connectivity index is 1.33. The van der Waals surface area contributed by atoms with Crippen molar-refractivity contribution in [3.05, 3.63) is 100 Å². The maximum absolute atomic E-state index is 2.63. The average molecular weight is 931 g/mol. The second-order valence-corrected chi connectivity index (χ2v) is 27.2. The minimum atomic E-state index is 0.432. The molecule has 0 fully saturated rings. The van der Waals surface area contributed by atoms with Gasteiger partial charge in [-0.25, -0.2) is 0 Å². The molecule has 0 radical (unpaired) electrons. The SMILES string of the molecule is Cc1c2c3c4c(c(C)c5c6c7c(c(C)c8c9c%10c(c(C)c%11c%12c%13c(c(C)c%14c%15c%16c(c(C)c%17c%18c(c1[C@H](C)[C@@H]%17C)c3c1c(c%18%16)c(c%15%13)c(c%12%10)c(c97)c1c64)[C@H](C)[C@@H]%14C)[C@H](C)[C@@H]%11C)[C@H](C)[C@@H]8C)[C@H](C)[C@@H]5C)[C@H](C)[C@@H]2C. The first-order valence-electron chi connectivity index (χ1n) is 28.9. The first-order chi connectivity index (χ1) is 34.4. The van der Waals surface area contributed by atoms with Crippen molar-refractivity contribution in [2.75, 3.05) is 0 Å². The lowest BCUT2D eigenvalue weighted by atomic mass is 9.57. The third-order valence-corrected chi connectivity index (χ3v) is 25.5. The fourth-order valence-corrected chi connectivity index (χ4v) is 22.2. The van der Waals surface area contributed by atoms with Gasteiger partial charge in [0.25, 0.3) is 0 Å². The molecule has 0 nitrogen and oxygen atoms in total. The fourth-order valence-electron chi connectivity index (χ4n) is 22.2. The molecule has 0 N–H and O–H groups in total. The maximum Gasteiger partial charge on any atom is -0.0000254 e. The van der Waals surface area contributed by atoms with Gasteiger partial charge in [-0.05, 0) is 342 Å². The van der Waals surface area contributed by atoms with Gasteiger partial charge in [-0.3, -0.25) is 0 Å². The number of benzene rings is 13. The Morgan fingerprint density at radius 1 is 0.125 bits per heavy atom. The van der Waals surface area contributed by atoms with Gasteiger partial charge in [-0.1, -0.05) is 83.1 Å². The van der Waals surface area contributed by atoms with Crippen LogP contribution in [0.1, 0.15) is 254 Å². The lowest BCUT2D eigenvalue weighted by molar-refractivity contribution is 0.587. The zero-order valence-electron chi connectivity index (χ0n) is 45.9. The van der Waals surface area contributed by atoms with Crippen LogP contribution < -0.4 is 0 Å². The second kappa shape index (κ2) is 11.1. The lowest BCUT2D eigenvalue weighted by Gasteiger charge is -2.46. The van der Waals surface area contributed by atoms with Gasteiger partial charge in [0.1, 0.15) is 0 Å². The number of rotatable bonds is 0. The molecule has 354 valence electrons. The monoisotopic (exact) mass is 931 g/mol. The average Bonchev–Trinajstić information content (AvgIpc) is 3.36. The van der Waals surface area contributed by atoms with Gasteiger partial charge >= 0.3 is 0 Å². The van der Waals surface area contributed by atoms with E-state index in [2.05, 4.69) is 125 Å². The van der Waals surface area contributed by atoms with Crippen LogP contribution in [0.3, 0.4) is 0 Å². The highest BCUT2D eigenvalue weighted by molar-refractivity contribution is 6.63. The zero-order chi connectivity index (χ0) is 49.2. The normalized spacial score (nSPS) is 29.2. The highest BCUT2D eigenvalue weighted by Gasteiger charge is 2.49. The minimum Gasteiger partial charge on any atom is -0.0578 e. The summed E-state index contributed by atoms with van der Waals surface area (Å²) in [4.78, 5) is 0. The molecule has 0 bridgehead atoms. The van der Waals surface area contributed by atoms with Crippen LogP contribution in [-0.4, -0.2) is 0 Å². The van der Waals surface area contributed by atoms with Crippen molar-refractivity contribution in [3.63, 3.8) is 0 Å². The predicted octanol–water partition coefficient (Wildman–Crippen LogP) is 21.3. The highest BCUT2D eigenvalue weighted by atomic mass is 14.5. The van der Waals surface area contributed by atoms with E-state index in [9.17, 15) is 0 Å². The third kappa shape index (κ3) is 3.26. The van der Waals surface area contributed by atoms with Crippen LogP contribution in [0.2, 0.25) is 0 Å². The molecule has 0 saturated carbocycles. The quantitative estimate of drug-likeness (QED) is 0.105. The minimum absolute atomic E-state index is 0.432. The summed E-state index contributed by atoms with van der Waals surface area (Å²) in [6, 6.07) is 0. The van der Waals surface area contributed by atoms with Crippen molar-refractivity contribution >= 4 is 129 Å². The molecule has 0 heteroatoms. The van der Waals surface area contributed by atoms with Crippen LogP contribution in [0.15, 0.2) is 0 Å². The van der Waals surface area contributed by atoms with E-state index < -0.39 is 0 Å². The molecule has 72 heavy (non-hydrogen) atoms. The predicted molar refractivity (Wildman–Crippen MR) is 313 cm³/mol. The number of hydrogen-bond acceptors (Lipinski definition) is 0. The van der Waals surface area contributed by atoms with Gasteiger partial charge in [-0.15, -0.1) is 0 Å². The van der Waals surface area contributed by atoms with Gasteiger partial charge < -0.3 is 0 Å². The Kier molecular flexibility index (Phi) is 6.19. The van der Waals surface area contributed by atoms with E-state index in [0.29, 0.717) is 71.0 Å². The van der Waals surface area contributed by atoms with Gasteiger partial charge in [0.05, 0.1) is 0 Å². The molecule has 12 atom stereocenters. The summed E-state index contributed by atoms with van der Waals surface area (Å²) in [5, 5.41) is 39.7. The van der Waals surface area contributed by atoms with E-state index in [4.69, 9.17) is 0 Å². The van der Waals surface area contributed by atoms with Gasteiger partial charge in [-0.2, -0.15) is 0 Å². The van der Waals surface area contributed by atoms with E-state index in [-0.39, 0.29) is 0 Å². The molecule has 13 aromatic rings. The smallest absolute Gasteiger partial charge is 0.0000254 e. The molecular weight excluding hydrogens is 865 g/mol. The highest BCUT2D eigenvalue weighted by Crippen LogP contribution is 2.72. The standard InChI is InChI=1S/C72H66/c1-19-20(2)38-32(14)40-23(5)24(6)42-34(16)44-27(9)29(11)47-36(18)48-30(12)28(10)46-35(17)45-26(8)25(7)43-33(15)41-22(4)21(3)39-31(13)37(19)49-50(38)62-52(40)54(42)64-57(44)59(47)66-60(48)58(46)65-56(45)55(43)63-53(41)51(39)61(49)67-68(62)70(64)72(66)71(65)69(63)67/h19-30H,1-18H3/t19-,20+,21+,22-,23-,24+,25+,26-,27-,28+,29+,30-. The zero-order valence-corrected chi connectivity index (χ0v) is 45.9. The summed E-state index contributed by atoms with van der Waals surface area (Å²) in [5.74, 6) is 5.18. The van der Waals surface area contributed by atoms with E-state index >= 15 is 0 Å². The Labute approximate surface area is 422 Å². The van der Waals surface area contributed by atoms with Crippen LogP contribution in [-0.2, 0) is 0 Å². The third-order valence-electron chi connectivity index (χ3n) is 25.5. The van der Waals surface area contributed by atoms with E-state index in [1.165, 1.54) is 0 Å². The van der Waals surface area contributed by atoms with Gasteiger partial charge in [0.2, 0.25) is 0 Å². The van der Waals surface area contributed by atoms with E-state index in [1.807, 2.05) is 0 Å². The molecule has 6 aliphatic rings. The summed E-state index contributed by atoms with van der Waals surface area (Å²) in [6.07, 6.45) is 0. The molecule has 6 aliphatic carbocycles. The molecule has 0 aliphatic heterocycles. The van der Waals surface area contributed by atoms with Crippen molar-refractivity contribution in [3.8, 4) is 0 Å². The van der Waals surface area contributed by atoms with Crippen molar-refractivity contribution in [1.82, 2.24) is 0 Å². The van der Waals surface area contributed by atoms with Gasteiger partial charge in [0, 0.05) is 0 Å². The van der Waals surface area contributed by atoms with Crippen molar-refractivity contribution in [1.29, 1.82) is 0 Å². The Hall–Kier alpha value is -5.46. The summed E-state index contributed by atoms with van der Waals surface area (Å²) in [5.41, 5.74) is 29.9. The molecule has 0 saturated heterocycles. The Morgan fingerprint density at radius 3 is 0.278 bits per heavy atom. The molecule has 0 unspecified atom stereocenters. The topological polar surface area (TPSA) is 0 Å². The second-order valence-electron chi connectivity index (χ2n) is 27.2. The van der Waals surface area contributed by atoms with Crippen LogP contribution >= 0.6 is 0 Å². The van der Waals surface area contributed by atoms with Crippen LogP contribution in [0.25, 0.3) is 129 Å². The number of hydrogen-bond donors (Lipinski definition) is 0. The largest absolute Gasteiger partial charge is 0.0578 e. The lowest BCUT2D eigenvalue weighted by Crippen LogP contribution is -2.25. The van der Waals surface area contributed by atoms with E-state index in [1.54, 1.807) is 229 Å². The van der Waals surface area contributed by atoms with Crippen molar-refractivity contribution < 1.29 is 0 Å². The summed E-state index contributed by atoms with van der Waals surface area (Å²) in [7, 11) is 0. The first-order valence-corrected chi connectivity index (χ1v) is 28.9. The maximum atomic E-state index is 2.63. The molecule has 0 heterocycles. The van der Waals surface area contributed by atoms with Gasteiger partial charge in [0.15, 0.2) is 0 Å². The molecule has 0 amide bonds. The summed E-state index contributed by atoms with van der Waals surface area (Å²) >= 11 is 0. The van der Waals surface area contributed by atoms with E-state index in [0.717, 1.165) is 0 Å².